The molecule has 0 aliphatic heterocycles. The van der Waals surface area contributed by atoms with E-state index >= 15 is 0 Å². The molecule has 15 heavy (non-hydrogen) atoms. The molecular formula is C8H5Br2F4Zn. The molecule has 0 spiro atoms. The van der Waals surface area contributed by atoms with Crippen molar-refractivity contribution in [2.45, 2.75) is 6.18 Å². The van der Waals surface area contributed by atoms with Crippen molar-refractivity contribution in [3.05, 3.63) is 42.1 Å². The number of hydrogen-bond acceptors (Lipinski definition) is 0. The summed E-state index contributed by atoms with van der Waals surface area (Å²) in [7, 11) is 0. The maximum Gasteiger partial charge on any atom is 0.416 e. The molecule has 0 aromatic heterocycles. The first-order valence-electron chi connectivity index (χ1n) is 3.63. The van der Waals surface area contributed by atoms with Crippen molar-refractivity contribution in [2.75, 3.05) is 0 Å². The Morgan fingerprint density at radius 2 is 1.60 bits per heavy atom. The van der Waals surface area contributed by atoms with Gasteiger partial charge in [-0.15, -0.1) is 0 Å². The van der Waals surface area contributed by atoms with E-state index in [1.54, 1.807) is 0 Å². The van der Waals surface area contributed by atoms with Crippen LogP contribution in [0.1, 0.15) is 11.1 Å². The average molecular weight is 402 g/mol. The first-order chi connectivity index (χ1) is 6.81. The van der Waals surface area contributed by atoms with Gasteiger partial charge in [0.25, 0.3) is 0 Å². The Labute approximate surface area is 106 Å². The van der Waals surface area contributed by atoms with Gasteiger partial charge in [0.05, 0.1) is 5.56 Å². The van der Waals surface area contributed by atoms with Gasteiger partial charge >= 0.3 is 46.6 Å². The third-order valence-electron chi connectivity index (χ3n) is 1.28. The van der Waals surface area contributed by atoms with Gasteiger partial charge in [0, 0.05) is 0 Å². The van der Waals surface area contributed by atoms with Crippen LogP contribution in [0.15, 0.2) is 18.2 Å². The largest absolute Gasteiger partial charge is 0.416 e. The van der Waals surface area contributed by atoms with Crippen LogP contribution in [0.3, 0.4) is 0 Å². The predicted octanol–water partition coefficient (Wildman–Crippen LogP) is 4.72. The maximum atomic E-state index is 12.4. The Balaban J connectivity index is 0.000000583. The van der Waals surface area contributed by atoms with E-state index in [1.807, 2.05) is 0 Å². The van der Waals surface area contributed by atoms with E-state index in [4.69, 9.17) is 0 Å². The van der Waals surface area contributed by atoms with Gasteiger partial charge in [0.15, 0.2) is 0 Å². The van der Waals surface area contributed by atoms with Crippen LogP contribution in [0.2, 0.25) is 0 Å². The number of halogens is 6. The van der Waals surface area contributed by atoms with Crippen molar-refractivity contribution in [1.82, 2.24) is 0 Å². The van der Waals surface area contributed by atoms with Crippen molar-refractivity contribution < 1.29 is 30.8 Å². The molecule has 1 rings (SSSR count). The van der Waals surface area contributed by atoms with Gasteiger partial charge in [-0.2, -0.15) is 13.2 Å². The van der Waals surface area contributed by atoms with E-state index in [1.165, 1.54) is 0 Å². The van der Waals surface area contributed by atoms with Crippen LogP contribution in [0.25, 0.3) is 0 Å². The van der Waals surface area contributed by atoms with Crippen LogP contribution in [-0.2, 0) is 19.4 Å². The molecule has 0 saturated heterocycles. The maximum absolute atomic E-state index is 12.4. The zero-order valence-corrected chi connectivity index (χ0v) is 13.6. The van der Waals surface area contributed by atoms with Crippen LogP contribution >= 0.6 is 27.2 Å². The molecule has 1 radical (unpaired) electrons. The minimum absolute atomic E-state index is 0.0160. The van der Waals surface area contributed by atoms with E-state index in [2.05, 4.69) is 34.2 Å². The molecule has 0 aliphatic rings. The van der Waals surface area contributed by atoms with Crippen LogP contribution in [0.4, 0.5) is 17.6 Å². The molecule has 0 atom stereocenters. The van der Waals surface area contributed by atoms with Crippen molar-refractivity contribution in [3.8, 4) is 0 Å². The summed E-state index contributed by atoms with van der Waals surface area (Å²) in [5.41, 5.74) is -0.991. The molecular weight excluding hydrogens is 397 g/mol. The third-order valence-corrected chi connectivity index (χ3v) is 1.28. The first kappa shape index (κ1) is 15.5. The van der Waals surface area contributed by atoms with Crippen molar-refractivity contribution in [2.24, 2.45) is 0 Å². The molecule has 0 unspecified atom stereocenters. The second-order valence-electron chi connectivity index (χ2n) is 2.45. The van der Waals surface area contributed by atoms with E-state index in [9.17, 15) is 17.6 Å². The Hall–Kier alpha value is 0.523. The number of alkyl halides is 3. The van der Waals surface area contributed by atoms with Gasteiger partial charge in [-0.1, -0.05) is 0 Å². The summed E-state index contributed by atoms with van der Waals surface area (Å²) < 4.78 is 48.3. The number of benzene rings is 1. The normalized spacial score (nSPS) is 10.1. The summed E-state index contributed by atoms with van der Waals surface area (Å²) in [6, 6.07) is 2.17. The van der Waals surface area contributed by atoms with Crippen LogP contribution < -0.4 is 0 Å². The molecule has 0 saturated carbocycles. The molecule has 0 fully saturated rings. The minimum atomic E-state index is -4.51. The average Bonchev–Trinajstić information content (AvgIpc) is 2.01. The molecule has 0 nitrogen and oxygen atoms in total. The van der Waals surface area contributed by atoms with Crippen molar-refractivity contribution >= 4 is 27.2 Å². The summed E-state index contributed by atoms with van der Waals surface area (Å²) in [5.74, 6) is -0.921. The second kappa shape index (κ2) is 6.97. The molecule has 0 aliphatic carbocycles. The fourth-order valence-corrected chi connectivity index (χ4v) is 0.814. The molecule has 0 N–H and O–H groups in total. The Morgan fingerprint density at radius 3 is 1.93 bits per heavy atom. The van der Waals surface area contributed by atoms with E-state index in [0.29, 0.717) is 6.07 Å². The molecule has 0 amide bonds. The molecule has 1 aromatic carbocycles. The van der Waals surface area contributed by atoms with Crippen molar-refractivity contribution in [3.63, 3.8) is 0 Å². The Kier molecular flexibility index (Phi) is 7.21. The summed E-state index contributed by atoms with van der Waals surface area (Å²) in [6.45, 7) is 3.22. The van der Waals surface area contributed by atoms with Gasteiger partial charge in [-0.25, -0.2) is 4.39 Å². The first-order valence-corrected chi connectivity index (χ1v) is 17.5. The number of hydrogen-bond donors (Lipinski definition) is 0. The van der Waals surface area contributed by atoms with Gasteiger partial charge in [0.2, 0.25) is 0 Å². The van der Waals surface area contributed by atoms with Crippen LogP contribution in [0.5, 0.6) is 0 Å². The summed E-state index contributed by atoms with van der Waals surface area (Å²) in [5, 5.41) is 0. The smallest absolute Gasteiger partial charge is 0.207 e. The fraction of sp³-hybridized carbons (Fsp3) is 0.125. The Morgan fingerprint density at radius 1 is 1.13 bits per heavy atom. The SMILES string of the molecule is [Br][Zn][Br].[CH2]c1cc(F)cc(C(F)(F)F)c1. The van der Waals surface area contributed by atoms with E-state index < -0.39 is 17.6 Å². The standard InChI is InChI=1S/C8H5F4.2BrH.Zn/c1-5-2-6(8(10,11)12)4-7(9)3-5;;;/h2-4H,1H2;2*1H;/q;;;+2/p-2. The Bertz CT molecular complexity index is 294. The van der Waals surface area contributed by atoms with Crippen LogP contribution in [0, 0.1) is 12.7 Å². The zero-order valence-electron chi connectivity index (χ0n) is 7.41. The minimum Gasteiger partial charge on any atom is -0.207 e. The van der Waals surface area contributed by atoms with Gasteiger partial charge in [-0.05, 0) is 30.7 Å². The molecule has 0 heterocycles. The van der Waals surface area contributed by atoms with Crippen LogP contribution in [-0.4, -0.2) is 0 Å². The molecule has 7 heteroatoms. The van der Waals surface area contributed by atoms with Gasteiger partial charge in [0.1, 0.15) is 5.82 Å². The molecule has 81 valence electrons. The summed E-state index contributed by atoms with van der Waals surface area (Å²) in [6.07, 6.45) is -4.51. The van der Waals surface area contributed by atoms with Gasteiger partial charge in [-0.3, -0.25) is 0 Å². The number of rotatable bonds is 0. The van der Waals surface area contributed by atoms with E-state index in [-0.39, 0.29) is 18.8 Å². The van der Waals surface area contributed by atoms with Gasteiger partial charge < -0.3 is 0 Å². The summed E-state index contributed by atoms with van der Waals surface area (Å²) >= 11 is 6.25. The monoisotopic (exact) mass is 399 g/mol. The quantitative estimate of drug-likeness (QED) is 0.435. The zero-order chi connectivity index (χ0) is 12.1. The van der Waals surface area contributed by atoms with Crippen molar-refractivity contribution in [1.29, 1.82) is 0 Å². The molecule has 1 aromatic rings. The predicted molar refractivity (Wildman–Crippen MR) is 53.7 cm³/mol. The third kappa shape index (κ3) is 6.64. The van der Waals surface area contributed by atoms with E-state index in [0.717, 1.165) is 12.1 Å². The topological polar surface area (TPSA) is 0 Å². The fourth-order valence-electron chi connectivity index (χ4n) is 0.814. The summed E-state index contributed by atoms with van der Waals surface area (Å²) in [4.78, 5) is 0. The second-order valence-corrected chi connectivity index (χ2v) is 16.5. The molecule has 0 bridgehead atoms.